The summed E-state index contributed by atoms with van der Waals surface area (Å²) in [7, 11) is 3.33. The normalized spacial score (nSPS) is 11.1. The summed E-state index contributed by atoms with van der Waals surface area (Å²) in [5.74, 6) is 1.39. The van der Waals surface area contributed by atoms with E-state index < -0.39 is 0 Å². The number of rotatable bonds is 9. The highest BCUT2D eigenvalue weighted by molar-refractivity contribution is 5.83. The van der Waals surface area contributed by atoms with Crippen LogP contribution in [0.2, 0.25) is 0 Å². The molecule has 26 heavy (non-hydrogen) atoms. The van der Waals surface area contributed by atoms with Crippen LogP contribution in [-0.4, -0.2) is 20.4 Å². The second kappa shape index (κ2) is 9.85. The molecule has 0 saturated carbocycles. The first kappa shape index (κ1) is 19.8. The van der Waals surface area contributed by atoms with E-state index in [1.807, 2.05) is 30.5 Å². The summed E-state index contributed by atoms with van der Waals surface area (Å²) in [6.45, 7) is 4.33. The first-order chi connectivity index (χ1) is 12.7. The standard InChI is InChI=1S/C22H30N2O2/c1-5-7-8-9-14-24-20-16(6-2)15-19(21(25-3)22(20)26-4)17-10-12-18(23)13-11-17/h10-15H,5-9,23H2,1-4H3. The van der Waals surface area contributed by atoms with Gasteiger partial charge in [0, 0.05) is 17.5 Å². The van der Waals surface area contributed by atoms with E-state index in [0.29, 0.717) is 11.5 Å². The van der Waals surface area contributed by atoms with Gasteiger partial charge in [0.1, 0.15) is 5.69 Å². The summed E-state index contributed by atoms with van der Waals surface area (Å²) >= 11 is 0. The third-order valence-electron chi connectivity index (χ3n) is 4.46. The minimum Gasteiger partial charge on any atom is -0.492 e. The third-order valence-corrected chi connectivity index (χ3v) is 4.46. The molecule has 0 saturated heterocycles. The smallest absolute Gasteiger partial charge is 0.187 e. The molecule has 0 unspecified atom stereocenters. The maximum absolute atomic E-state index is 5.83. The largest absolute Gasteiger partial charge is 0.492 e. The van der Waals surface area contributed by atoms with Crippen LogP contribution in [0.4, 0.5) is 11.4 Å². The molecule has 0 aliphatic heterocycles. The molecule has 0 aromatic heterocycles. The highest BCUT2D eigenvalue weighted by Gasteiger charge is 2.19. The van der Waals surface area contributed by atoms with Gasteiger partial charge in [-0.2, -0.15) is 0 Å². The number of aliphatic imine (C=N–C) groups is 1. The molecule has 0 atom stereocenters. The summed E-state index contributed by atoms with van der Waals surface area (Å²) in [5, 5.41) is 0. The van der Waals surface area contributed by atoms with Crippen molar-refractivity contribution in [1.29, 1.82) is 0 Å². The maximum Gasteiger partial charge on any atom is 0.187 e. The predicted octanol–water partition coefficient (Wildman–Crippen LogP) is 5.80. The van der Waals surface area contributed by atoms with Crippen LogP contribution in [0.1, 0.15) is 45.1 Å². The van der Waals surface area contributed by atoms with Crippen molar-refractivity contribution in [3.8, 4) is 22.6 Å². The van der Waals surface area contributed by atoms with Gasteiger partial charge in [0.25, 0.3) is 0 Å². The number of aryl methyl sites for hydroxylation is 1. The molecule has 0 aliphatic carbocycles. The summed E-state index contributed by atoms with van der Waals surface area (Å²) in [6.07, 6.45) is 7.43. The van der Waals surface area contributed by atoms with Gasteiger partial charge in [-0.25, -0.2) is 0 Å². The van der Waals surface area contributed by atoms with Crippen molar-refractivity contribution in [3.63, 3.8) is 0 Å². The van der Waals surface area contributed by atoms with Gasteiger partial charge in [-0.3, -0.25) is 4.99 Å². The van der Waals surface area contributed by atoms with Gasteiger partial charge < -0.3 is 15.2 Å². The Morgan fingerprint density at radius 1 is 1.00 bits per heavy atom. The number of ether oxygens (including phenoxy) is 2. The number of nitrogens with zero attached hydrogens (tertiary/aromatic N) is 1. The van der Waals surface area contributed by atoms with E-state index in [-0.39, 0.29) is 0 Å². The molecule has 0 fully saturated rings. The lowest BCUT2D eigenvalue weighted by molar-refractivity contribution is 0.357. The number of unbranched alkanes of at least 4 members (excludes halogenated alkanes) is 3. The van der Waals surface area contributed by atoms with Gasteiger partial charge in [-0.05, 0) is 48.6 Å². The molecule has 4 heteroatoms. The molecule has 0 aliphatic rings. The highest BCUT2D eigenvalue weighted by atomic mass is 16.5. The zero-order valence-corrected chi connectivity index (χ0v) is 16.3. The monoisotopic (exact) mass is 354 g/mol. The van der Waals surface area contributed by atoms with Gasteiger partial charge in [0.05, 0.1) is 14.2 Å². The number of methoxy groups -OCH3 is 2. The first-order valence-electron chi connectivity index (χ1n) is 9.32. The minimum atomic E-state index is 0.686. The van der Waals surface area contributed by atoms with E-state index in [4.69, 9.17) is 20.2 Å². The molecule has 2 aromatic rings. The minimum absolute atomic E-state index is 0.686. The van der Waals surface area contributed by atoms with Crippen molar-refractivity contribution in [2.75, 3.05) is 20.0 Å². The average molecular weight is 354 g/mol. The van der Waals surface area contributed by atoms with Gasteiger partial charge >= 0.3 is 0 Å². The van der Waals surface area contributed by atoms with Crippen molar-refractivity contribution < 1.29 is 9.47 Å². The molecule has 2 aromatic carbocycles. The predicted molar refractivity (Wildman–Crippen MR) is 111 cm³/mol. The molecule has 0 bridgehead atoms. The molecule has 4 nitrogen and oxygen atoms in total. The molecule has 0 heterocycles. The summed E-state index contributed by atoms with van der Waals surface area (Å²) in [5.41, 5.74) is 10.6. The molecule has 0 amide bonds. The summed E-state index contributed by atoms with van der Waals surface area (Å²) in [4.78, 5) is 4.73. The lowest BCUT2D eigenvalue weighted by atomic mass is 9.98. The van der Waals surface area contributed by atoms with E-state index in [1.54, 1.807) is 14.2 Å². The Bertz CT molecular complexity index is 737. The zero-order valence-electron chi connectivity index (χ0n) is 16.3. The Morgan fingerprint density at radius 2 is 1.69 bits per heavy atom. The number of nitrogens with two attached hydrogens (primary N) is 1. The lowest BCUT2D eigenvalue weighted by Crippen LogP contribution is -1.98. The van der Waals surface area contributed by atoms with Gasteiger partial charge in [-0.15, -0.1) is 0 Å². The maximum atomic E-state index is 5.83. The molecule has 2 N–H and O–H groups in total. The number of anilines is 1. The Labute approximate surface area is 157 Å². The molecule has 2 rings (SSSR count). The van der Waals surface area contributed by atoms with Crippen molar-refractivity contribution >= 4 is 17.6 Å². The van der Waals surface area contributed by atoms with Crippen molar-refractivity contribution in [2.24, 2.45) is 4.99 Å². The fourth-order valence-corrected chi connectivity index (χ4v) is 3.01. The zero-order chi connectivity index (χ0) is 18.9. The van der Waals surface area contributed by atoms with Crippen LogP contribution in [0.15, 0.2) is 35.3 Å². The molecule has 0 spiro atoms. The summed E-state index contributed by atoms with van der Waals surface area (Å²) < 4.78 is 11.4. The van der Waals surface area contributed by atoms with Crippen LogP contribution < -0.4 is 15.2 Å². The molecular formula is C22H30N2O2. The Kier molecular flexibility index (Phi) is 7.52. The van der Waals surface area contributed by atoms with Crippen LogP contribution >= 0.6 is 0 Å². The highest BCUT2D eigenvalue weighted by Crippen LogP contribution is 2.47. The van der Waals surface area contributed by atoms with E-state index in [0.717, 1.165) is 47.3 Å². The Hall–Kier alpha value is -2.49. The van der Waals surface area contributed by atoms with E-state index in [1.165, 1.54) is 12.8 Å². The average Bonchev–Trinajstić information content (AvgIpc) is 2.67. The second-order valence-corrected chi connectivity index (χ2v) is 6.28. The van der Waals surface area contributed by atoms with Crippen LogP contribution in [0.5, 0.6) is 11.5 Å². The molecular weight excluding hydrogens is 324 g/mol. The number of hydrogen-bond acceptors (Lipinski definition) is 4. The second-order valence-electron chi connectivity index (χ2n) is 6.28. The van der Waals surface area contributed by atoms with Gasteiger partial charge in [-0.1, -0.05) is 38.8 Å². The van der Waals surface area contributed by atoms with Crippen LogP contribution in [-0.2, 0) is 6.42 Å². The van der Waals surface area contributed by atoms with Crippen LogP contribution in [0.25, 0.3) is 11.1 Å². The first-order valence-corrected chi connectivity index (χ1v) is 9.32. The number of benzene rings is 2. The van der Waals surface area contributed by atoms with E-state index >= 15 is 0 Å². The fourth-order valence-electron chi connectivity index (χ4n) is 3.01. The van der Waals surface area contributed by atoms with Crippen molar-refractivity contribution in [2.45, 2.75) is 46.0 Å². The molecule has 140 valence electrons. The lowest BCUT2D eigenvalue weighted by Gasteiger charge is -2.18. The Morgan fingerprint density at radius 3 is 2.27 bits per heavy atom. The quantitative estimate of drug-likeness (QED) is 0.352. The van der Waals surface area contributed by atoms with Gasteiger partial charge in [0.15, 0.2) is 11.5 Å². The SMILES string of the molecule is CCCCCC=Nc1c(CC)cc(-c2ccc(N)cc2)c(OC)c1OC. The fraction of sp³-hybridized carbons (Fsp3) is 0.409. The summed E-state index contributed by atoms with van der Waals surface area (Å²) in [6, 6.07) is 9.93. The molecule has 0 radical (unpaired) electrons. The van der Waals surface area contributed by atoms with E-state index in [9.17, 15) is 0 Å². The topological polar surface area (TPSA) is 56.8 Å². The Balaban J connectivity index is 2.51. The number of nitrogen functional groups attached to an aromatic ring is 1. The number of hydrogen-bond donors (Lipinski definition) is 1. The van der Waals surface area contributed by atoms with Crippen molar-refractivity contribution in [3.05, 3.63) is 35.9 Å². The van der Waals surface area contributed by atoms with Gasteiger partial charge in [0.2, 0.25) is 0 Å². The van der Waals surface area contributed by atoms with Crippen molar-refractivity contribution in [1.82, 2.24) is 0 Å². The van der Waals surface area contributed by atoms with E-state index in [2.05, 4.69) is 19.9 Å². The van der Waals surface area contributed by atoms with Crippen LogP contribution in [0, 0.1) is 0 Å². The van der Waals surface area contributed by atoms with Crippen LogP contribution in [0.3, 0.4) is 0 Å². The third kappa shape index (κ3) is 4.57.